The minimum absolute atomic E-state index is 1.13. The zero-order chi connectivity index (χ0) is 8.65. The third-order valence-electron chi connectivity index (χ3n) is 1.25. The highest BCUT2D eigenvalue weighted by molar-refractivity contribution is 5.62. The summed E-state index contributed by atoms with van der Waals surface area (Å²) in [4.78, 5) is 10.2. The number of hydrogen-bond acceptors (Lipinski definition) is 3. The van der Waals surface area contributed by atoms with Crippen LogP contribution in [-0.2, 0) is 9.47 Å². The molecule has 0 spiro atoms. The van der Waals surface area contributed by atoms with Gasteiger partial charge in [0.1, 0.15) is 6.10 Å². The van der Waals surface area contributed by atoms with Gasteiger partial charge in [-0.15, -0.1) is 0 Å². The van der Waals surface area contributed by atoms with E-state index < -0.39 is 24.5 Å². The zero-order valence-electron chi connectivity index (χ0n) is 5.51. The first-order chi connectivity index (χ1) is 4.91. The Morgan fingerprint density at radius 1 is 1.36 bits per heavy atom. The van der Waals surface area contributed by atoms with Crippen LogP contribution in [0.15, 0.2) is 0 Å². The summed E-state index contributed by atoms with van der Waals surface area (Å²) < 4.78 is 43.5. The van der Waals surface area contributed by atoms with Crippen molar-refractivity contribution >= 4 is 6.16 Å². The lowest BCUT2D eigenvalue weighted by Gasteiger charge is -2.13. The van der Waals surface area contributed by atoms with Crippen LogP contribution in [0.1, 0.15) is 6.92 Å². The van der Waals surface area contributed by atoms with Crippen molar-refractivity contribution in [2.75, 3.05) is 0 Å². The van der Waals surface area contributed by atoms with E-state index in [1.165, 1.54) is 0 Å². The maximum Gasteiger partial charge on any atom is 0.509 e. The van der Waals surface area contributed by atoms with E-state index in [1.54, 1.807) is 0 Å². The quantitative estimate of drug-likeness (QED) is 0.516. The van der Waals surface area contributed by atoms with E-state index in [2.05, 4.69) is 9.47 Å². The third kappa shape index (κ3) is 1.55. The first-order valence-corrected chi connectivity index (χ1v) is 2.85. The molecule has 6 heteroatoms. The molecule has 3 nitrogen and oxygen atoms in total. The van der Waals surface area contributed by atoms with Crippen molar-refractivity contribution in [3.8, 4) is 0 Å². The Bertz CT molecular complexity index is 176. The number of alkyl halides is 3. The van der Waals surface area contributed by atoms with Gasteiger partial charge in [-0.05, 0) is 6.92 Å². The molecule has 0 aliphatic carbocycles. The zero-order valence-corrected chi connectivity index (χ0v) is 5.51. The highest BCUT2D eigenvalue weighted by Gasteiger charge is 2.52. The molecule has 0 bridgehead atoms. The Morgan fingerprint density at radius 2 is 1.91 bits per heavy atom. The van der Waals surface area contributed by atoms with Crippen LogP contribution in [0.2, 0.25) is 0 Å². The molecule has 1 saturated heterocycles. The Morgan fingerprint density at radius 3 is 2.09 bits per heavy atom. The summed E-state index contributed by atoms with van der Waals surface area (Å²) >= 11 is 0. The third-order valence-corrected chi connectivity index (χ3v) is 1.25. The summed E-state index contributed by atoms with van der Waals surface area (Å²) in [6.07, 6.45) is -9.16. The molecular weight excluding hydrogens is 165 g/mol. The second kappa shape index (κ2) is 2.28. The van der Waals surface area contributed by atoms with E-state index in [0.29, 0.717) is 0 Å². The molecule has 64 valence electrons. The van der Waals surface area contributed by atoms with Crippen LogP contribution in [0.4, 0.5) is 18.0 Å². The maximum absolute atomic E-state index is 11.8. The average molecular weight is 170 g/mol. The summed E-state index contributed by atoms with van der Waals surface area (Å²) in [6.45, 7) is 1.13. The molecule has 0 unspecified atom stereocenters. The van der Waals surface area contributed by atoms with Gasteiger partial charge < -0.3 is 9.47 Å². The van der Waals surface area contributed by atoms with Crippen LogP contribution in [-0.4, -0.2) is 24.5 Å². The van der Waals surface area contributed by atoms with Crippen molar-refractivity contribution < 1.29 is 27.4 Å². The fourth-order valence-corrected chi connectivity index (χ4v) is 0.774. The van der Waals surface area contributed by atoms with Gasteiger partial charge in [-0.1, -0.05) is 0 Å². The van der Waals surface area contributed by atoms with Gasteiger partial charge in [0.15, 0.2) is 0 Å². The van der Waals surface area contributed by atoms with Crippen molar-refractivity contribution in [1.29, 1.82) is 0 Å². The maximum atomic E-state index is 11.8. The van der Waals surface area contributed by atoms with E-state index >= 15 is 0 Å². The fraction of sp³-hybridized carbons (Fsp3) is 0.800. The fourth-order valence-electron chi connectivity index (χ4n) is 0.774. The minimum Gasteiger partial charge on any atom is -0.427 e. The highest BCUT2D eigenvalue weighted by Crippen LogP contribution is 2.30. The lowest BCUT2D eigenvalue weighted by molar-refractivity contribution is -0.201. The first-order valence-electron chi connectivity index (χ1n) is 2.85. The SMILES string of the molecule is C[C@H]1OC(=O)O[C@H]1C(F)(F)F. The van der Waals surface area contributed by atoms with Gasteiger partial charge in [-0.2, -0.15) is 13.2 Å². The van der Waals surface area contributed by atoms with Gasteiger partial charge in [-0.3, -0.25) is 0 Å². The molecule has 0 saturated carbocycles. The molecule has 0 amide bonds. The summed E-state index contributed by atoms with van der Waals surface area (Å²) in [7, 11) is 0. The summed E-state index contributed by atoms with van der Waals surface area (Å²) in [5.41, 5.74) is 0. The monoisotopic (exact) mass is 170 g/mol. The number of halogens is 3. The summed E-state index contributed by atoms with van der Waals surface area (Å²) in [5.74, 6) is 0. The van der Waals surface area contributed by atoms with Crippen molar-refractivity contribution in [2.45, 2.75) is 25.3 Å². The van der Waals surface area contributed by atoms with Gasteiger partial charge in [0.2, 0.25) is 6.10 Å². The Kier molecular flexibility index (Phi) is 1.69. The molecule has 11 heavy (non-hydrogen) atoms. The predicted octanol–water partition coefficient (Wildman–Crippen LogP) is 1.47. The van der Waals surface area contributed by atoms with Crippen LogP contribution >= 0.6 is 0 Å². The van der Waals surface area contributed by atoms with E-state index in [0.717, 1.165) is 6.92 Å². The Labute approximate surface area is 60.1 Å². The van der Waals surface area contributed by atoms with Crippen LogP contribution in [0, 0.1) is 0 Å². The van der Waals surface area contributed by atoms with Gasteiger partial charge in [0, 0.05) is 0 Å². The molecule has 1 aliphatic rings. The van der Waals surface area contributed by atoms with E-state index in [4.69, 9.17) is 0 Å². The number of carbonyl (C=O) groups excluding carboxylic acids is 1. The molecule has 0 aromatic heterocycles. The second-order valence-corrected chi connectivity index (χ2v) is 2.15. The smallest absolute Gasteiger partial charge is 0.427 e. The summed E-state index contributed by atoms with van der Waals surface area (Å²) in [5, 5.41) is 0. The van der Waals surface area contributed by atoms with E-state index in [-0.39, 0.29) is 0 Å². The van der Waals surface area contributed by atoms with Crippen LogP contribution in [0.25, 0.3) is 0 Å². The number of cyclic esters (lactones) is 2. The molecule has 1 aliphatic heterocycles. The highest BCUT2D eigenvalue weighted by atomic mass is 19.4. The number of hydrogen-bond donors (Lipinski definition) is 0. The molecule has 0 aromatic carbocycles. The van der Waals surface area contributed by atoms with Crippen LogP contribution in [0.3, 0.4) is 0 Å². The van der Waals surface area contributed by atoms with Gasteiger partial charge >= 0.3 is 12.3 Å². The van der Waals surface area contributed by atoms with Crippen LogP contribution < -0.4 is 0 Å². The second-order valence-electron chi connectivity index (χ2n) is 2.15. The Hall–Kier alpha value is -0.940. The Balaban J connectivity index is 2.67. The van der Waals surface area contributed by atoms with Gasteiger partial charge in [-0.25, -0.2) is 4.79 Å². The number of ether oxygens (including phenoxy) is 2. The van der Waals surface area contributed by atoms with Crippen molar-refractivity contribution in [2.24, 2.45) is 0 Å². The molecule has 1 fully saturated rings. The molecule has 0 radical (unpaired) electrons. The first kappa shape index (κ1) is 8.16. The molecule has 1 heterocycles. The molecule has 2 atom stereocenters. The number of rotatable bonds is 0. The summed E-state index contributed by atoms with van der Waals surface area (Å²) in [6, 6.07) is 0. The largest absolute Gasteiger partial charge is 0.509 e. The minimum atomic E-state index is -4.54. The normalized spacial score (nSPS) is 31.5. The van der Waals surface area contributed by atoms with Crippen LogP contribution in [0.5, 0.6) is 0 Å². The predicted molar refractivity (Wildman–Crippen MR) is 26.9 cm³/mol. The van der Waals surface area contributed by atoms with Crippen molar-refractivity contribution in [3.05, 3.63) is 0 Å². The van der Waals surface area contributed by atoms with E-state index in [9.17, 15) is 18.0 Å². The molecule has 1 rings (SSSR count). The van der Waals surface area contributed by atoms with Crippen molar-refractivity contribution in [1.82, 2.24) is 0 Å². The molecule has 0 aromatic rings. The number of carbonyl (C=O) groups is 1. The lowest BCUT2D eigenvalue weighted by Crippen LogP contribution is -2.35. The van der Waals surface area contributed by atoms with Gasteiger partial charge in [0.05, 0.1) is 0 Å². The van der Waals surface area contributed by atoms with E-state index in [1.807, 2.05) is 0 Å². The molecular formula is C5H5F3O3. The lowest BCUT2D eigenvalue weighted by atomic mass is 10.2. The average Bonchev–Trinajstić information content (AvgIpc) is 2.08. The topological polar surface area (TPSA) is 35.5 Å². The standard InChI is InChI=1S/C5H5F3O3/c1-2-3(5(6,7)8)11-4(9)10-2/h2-3H,1H3/t2-,3-/m1/s1. The van der Waals surface area contributed by atoms with Crippen molar-refractivity contribution in [3.63, 3.8) is 0 Å². The van der Waals surface area contributed by atoms with Gasteiger partial charge in [0.25, 0.3) is 0 Å². The molecule has 0 N–H and O–H groups in total.